The van der Waals surface area contributed by atoms with Crippen LogP contribution in [0.25, 0.3) is 11.0 Å². The zero-order valence-electron chi connectivity index (χ0n) is 11.4. The zero-order valence-corrected chi connectivity index (χ0v) is 12.9. The summed E-state index contributed by atoms with van der Waals surface area (Å²) in [5.74, 6) is 0.806. The fraction of sp³-hybridized carbons (Fsp3) is 0.286. The Balaban J connectivity index is 2.15. The number of alkyl halides is 1. The van der Waals surface area contributed by atoms with Crippen LogP contribution in [0.2, 0.25) is 5.02 Å². The molecule has 0 saturated heterocycles. The first-order chi connectivity index (χ1) is 10.1. The molecule has 0 saturated carbocycles. The number of imidazole rings is 1. The maximum Gasteiger partial charge on any atom is 0.144 e. The summed E-state index contributed by atoms with van der Waals surface area (Å²) in [6.07, 6.45) is 2.33. The van der Waals surface area contributed by atoms with Crippen LogP contribution in [0.3, 0.4) is 0 Å². The number of halogens is 3. The first kappa shape index (κ1) is 14.4. The van der Waals surface area contributed by atoms with Gasteiger partial charge in [0.15, 0.2) is 0 Å². The molecule has 3 rings (SSSR count). The van der Waals surface area contributed by atoms with Crippen molar-refractivity contribution in [2.45, 2.75) is 13.0 Å². The van der Waals surface area contributed by atoms with Crippen LogP contribution in [-0.4, -0.2) is 25.2 Å². The van der Waals surface area contributed by atoms with Gasteiger partial charge in [-0.15, -0.1) is 11.6 Å². The van der Waals surface area contributed by atoms with Crippen LogP contribution in [0.15, 0.2) is 24.4 Å². The molecule has 0 bridgehead atoms. The van der Waals surface area contributed by atoms with Crippen LogP contribution in [0.5, 0.6) is 0 Å². The number of hydrogen-bond donors (Lipinski definition) is 0. The molecule has 0 aliphatic heterocycles. The Hall–Kier alpha value is -1.59. The van der Waals surface area contributed by atoms with E-state index in [1.165, 1.54) is 6.07 Å². The second kappa shape index (κ2) is 5.66. The summed E-state index contributed by atoms with van der Waals surface area (Å²) < 4.78 is 17.5. The molecule has 2 heterocycles. The van der Waals surface area contributed by atoms with Crippen molar-refractivity contribution in [1.82, 2.24) is 19.3 Å². The summed E-state index contributed by atoms with van der Waals surface area (Å²) in [6, 6.07) is 4.88. The number of benzene rings is 1. The van der Waals surface area contributed by atoms with E-state index >= 15 is 0 Å². The number of aromatic nitrogens is 4. The summed E-state index contributed by atoms with van der Waals surface area (Å²) in [7, 11) is 1.87. The van der Waals surface area contributed by atoms with Gasteiger partial charge in [-0.25, -0.2) is 9.37 Å². The van der Waals surface area contributed by atoms with Gasteiger partial charge in [0.25, 0.3) is 0 Å². The van der Waals surface area contributed by atoms with E-state index in [4.69, 9.17) is 23.2 Å². The van der Waals surface area contributed by atoms with Crippen molar-refractivity contribution in [2.24, 2.45) is 7.05 Å². The molecule has 0 unspecified atom stereocenters. The Morgan fingerprint density at radius 3 is 2.81 bits per heavy atom. The van der Waals surface area contributed by atoms with Crippen molar-refractivity contribution in [3.8, 4) is 0 Å². The van der Waals surface area contributed by atoms with Gasteiger partial charge in [-0.1, -0.05) is 11.6 Å². The molecule has 0 aliphatic rings. The van der Waals surface area contributed by atoms with Gasteiger partial charge in [0, 0.05) is 31.6 Å². The summed E-state index contributed by atoms with van der Waals surface area (Å²) >= 11 is 11.7. The third-order valence-electron chi connectivity index (χ3n) is 3.43. The summed E-state index contributed by atoms with van der Waals surface area (Å²) in [5.41, 5.74) is 2.38. The lowest BCUT2D eigenvalue weighted by molar-refractivity contribution is 0.626. The second-order valence-electron chi connectivity index (χ2n) is 4.75. The molecule has 110 valence electrons. The molecule has 21 heavy (non-hydrogen) atoms. The van der Waals surface area contributed by atoms with Gasteiger partial charge in [0.05, 0.1) is 28.3 Å². The average Bonchev–Trinajstić information content (AvgIpc) is 2.98. The van der Waals surface area contributed by atoms with Gasteiger partial charge in [-0.05, 0) is 12.1 Å². The summed E-state index contributed by atoms with van der Waals surface area (Å²) in [4.78, 5) is 4.51. The number of aryl methyl sites for hydroxylation is 2. The van der Waals surface area contributed by atoms with Gasteiger partial charge in [0.2, 0.25) is 0 Å². The molecule has 0 amide bonds. The van der Waals surface area contributed by atoms with Crippen molar-refractivity contribution >= 4 is 34.2 Å². The van der Waals surface area contributed by atoms with Crippen molar-refractivity contribution in [3.05, 3.63) is 46.8 Å². The van der Waals surface area contributed by atoms with Crippen LogP contribution in [0, 0.1) is 5.82 Å². The monoisotopic (exact) mass is 326 g/mol. The van der Waals surface area contributed by atoms with Crippen LogP contribution in [0.4, 0.5) is 4.39 Å². The number of fused-ring (bicyclic) bond motifs is 1. The molecular formula is C14H13Cl2FN4. The van der Waals surface area contributed by atoms with Crippen molar-refractivity contribution in [1.29, 1.82) is 0 Å². The largest absolute Gasteiger partial charge is 0.322 e. The maximum atomic E-state index is 13.8. The summed E-state index contributed by atoms with van der Waals surface area (Å²) in [6.45, 7) is 0.556. The molecule has 4 nitrogen and oxygen atoms in total. The number of rotatable bonds is 4. The molecule has 0 atom stereocenters. The van der Waals surface area contributed by atoms with E-state index in [1.54, 1.807) is 16.9 Å². The highest BCUT2D eigenvalue weighted by molar-refractivity contribution is 6.31. The van der Waals surface area contributed by atoms with Crippen molar-refractivity contribution < 1.29 is 4.39 Å². The highest BCUT2D eigenvalue weighted by Crippen LogP contribution is 2.25. The van der Waals surface area contributed by atoms with E-state index in [0.717, 1.165) is 11.5 Å². The minimum atomic E-state index is -0.451. The van der Waals surface area contributed by atoms with Crippen molar-refractivity contribution in [3.63, 3.8) is 0 Å². The smallest absolute Gasteiger partial charge is 0.144 e. The SMILES string of the molecule is Cn1nccc1Cn1c(CCCl)nc2cc(Cl)c(F)cc21. The van der Waals surface area contributed by atoms with Crippen LogP contribution in [0.1, 0.15) is 11.5 Å². The molecule has 0 aliphatic carbocycles. The lowest BCUT2D eigenvalue weighted by Gasteiger charge is -2.09. The van der Waals surface area contributed by atoms with E-state index in [2.05, 4.69) is 10.1 Å². The predicted octanol–water partition coefficient (Wildman–Crippen LogP) is 3.39. The normalized spacial score (nSPS) is 11.4. The van der Waals surface area contributed by atoms with E-state index < -0.39 is 5.82 Å². The van der Waals surface area contributed by atoms with Gasteiger partial charge >= 0.3 is 0 Å². The Morgan fingerprint density at radius 1 is 1.33 bits per heavy atom. The van der Waals surface area contributed by atoms with Gasteiger partial charge in [-0.2, -0.15) is 5.10 Å². The topological polar surface area (TPSA) is 35.6 Å². The number of nitrogens with zero attached hydrogens (tertiary/aromatic N) is 4. The average molecular weight is 327 g/mol. The fourth-order valence-electron chi connectivity index (χ4n) is 2.34. The van der Waals surface area contributed by atoms with E-state index in [9.17, 15) is 4.39 Å². The van der Waals surface area contributed by atoms with E-state index in [-0.39, 0.29) is 5.02 Å². The Morgan fingerprint density at radius 2 is 2.14 bits per heavy atom. The highest BCUT2D eigenvalue weighted by Gasteiger charge is 2.14. The van der Waals surface area contributed by atoms with Crippen LogP contribution >= 0.6 is 23.2 Å². The fourth-order valence-corrected chi connectivity index (χ4v) is 2.67. The molecule has 0 spiro atoms. The van der Waals surface area contributed by atoms with E-state index in [0.29, 0.717) is 29.9 Å². The molecule has 2 aromatic heterocycles. The standard InChI is InChI=1S/C14H13Cl2FN4/c1-20-9(3-5-18-20)8-21-13-7-11(17)10(16)6-12(13)19-14(21)2-4-15/h3,5-7H,2,4,8H2,1H3. The van der Waals surface area contributed by atoms with Crippen LogP contribution < -0.4 is 0 Å². The van der Waals surface area contributed by atoms with E-state index in [1.807, 2.05) is 17.7 Å². The van der Waals surface area contributed by atoms with Crippen molar-refractivity contribution in [2.75, 3.05) is 5.88 Å². The van der Waals surface area contributed by atoms with Crippen LogP contribution in [-0.2, 0) is 20.0 Å². The first-order valence-electron chi connectivity index (χ1n) is 6.47. The molecule has 3 aromatic rings. The lowest BCUT2D eigenvalue weighted by Crippen LogP contribution is -2.09. The molecule has 0 N–H and O–H groups in total. The first-order valence-corrected chi connectivity index (χ1v) is 7.38. The Bertz CT molecular complexity index is 794. The zero-order chi connectivity index (χ0) is 15.0. The van der Waals surface area contributed by atoms with Gasteiger partial charge in [0.1, 0.15) is 11.6 Å². The highest BCUT2D eigenvalue weighted by atomic mass is 35.5. The number of hydrogen-bond acceptors (Lipinski definition) is 2. The summed E-state index contributed by atoms with van der Waals surface area (Å²) in [5, 5.41) is 4.22. The third-order valence-corrected chi connectivity index (χ3v) is 3.91. The quantitative estimate of drug-likeness (QED) is 0.689. The third kappa shape index (κ3) is 2.63. The molecule has 1 aromatic carbocycles. The Kier molecular flexibility index (Phi) is 3.87. The van der Waals surface area contributed by atoms with Gasteiger partial charge < -0.3 is 4.57 Å². The predicted molar refractivity (Wildman–Crippen MR) is 81.4 cm³/mol. The maximum absolute atomic E-state index is 13.8. The molecule has 0 radical (unpaired) electrons. The second-order valence-corrected chi connectivity index (χ2v) is 5.54. The lowest BCUT2D eigenvalue weighted by atomic mass is 10.3. The van der Waals surface area contributed by atoms with Gasteiger partial charge in [-0.3, -0.25) is 4.68 Å². The minimum Gasteiger partial charge on any atom is -0.322 e. The Labute approximate surface area is 131 Å². The molecule has 7 heteroatoms. The molecular weight excluding hydrogens is 314 g/mol. The molecule has 0 fully saturated rings. The minimum absolute atomic E-state index is 0.0742.